The Kier molecular flexibility index (Phi) is 8.29. The van der Waals surface area contributed by atoms with Gasteiger partial charge in [-0.1, -0.05) is 64.7 Å². The Morgan fingerprint density at radius 1 is 0.870 bits per heavy atom. The molecule has 2 aromatic rings. The van der Waals surface area contributed by atoms with Crippen molar-refractivity contribution in [1.82, 2.24) is 8.75 Å². The smallest absolute Gasteiger partial charge is 0.167 e. The van der Waals surface area contributed by atoms with Crippen LogP contribution in [0.1, 0.15) is 71.1 Å². The molecule has 0 unspecified atom stereocenters. The van der Waals surface area contributed by atoms with Gasteiger partial charge in [0.1, 0.15) is 11.0 Å². The van der Waals surface area contributed by atoms with Crippen molar-refractivity contribution in [1.29, 1.82) is 0 Å². The molecule has 0 fully saturated rings. The van der Waals surface area contributed by atoms with E-state index in [1.165, 1.54) is 57.4 Å². The van der Waals surface area contributed by atoms with Crippen LogP contribution in [0.2, 0.25) is 0 Å². The molecule has 0 amide bonds. The van der Waals surface area contributed by atoms with E-state index >= 15 is 0 Å². The normalized spacial score (nSPS) is 11.2. The van der Waals surface area contributed by atoms with E-state index < -0.39 is 0 Å². The van der Waals surface area contributed by atoms with Crippen molar-refractivity contribution in [3.63, 3.8) is 0 Å². The molecule has 0 aliphatic rings. The molecule has 0 bridgehead atoms. The lowest BCUT2D eigenvalue weighted by atomic mass is 10.1. The average molecular weight is 338 g/mol. The Balaban J connectivity index is 1.52. The van der Waals surface area contributed by atoms with Gasteiger partial charge in [-0.25, -0.2) is 4.39 Å². The van der Waals surface area contributed by atoms with E-state index in [-0.39, 0.29) is 5.82 Å². The summed E-state index contributed by atoms with van der Waals surface area (Å²) in [4.78, 5) is 0. The van der Waals surface area contributed by atoms with Gasteiger partial charge in [-0.15, -0.1) is 0 Å². The second kappa shape index (κ2) is 10.5. The summed E-state index contributed by atoms with van der Waals surface area (Å²) < 4.78 is 27.5. The number of benzene rings is 1. The van der Waals surface area contributed by atoms with Crippen LogP contribution in [0.5, 0.6) is 5.75 Å². The molecule has 3 nitrogen and oxygen atoms in total. The first-order chi connectivity index (χ1) is 11.3. The standard InChI is InChI=1S/C18H27FN2OS/c1-2-3-4-5-6-7-8-9-10-11-12-22-18-14-17-16(13-15(18)19)20-23-21-17/h13-14H,2-12H2,1H3. The van der Waals surface area contributed by atoms with Crippen LogP contribution < -0.4 is 4.74 Å². The number of halogens is 1. The van der Waals surface area contributed by atoms with Crippen molar-refractivity contribution >= 4 is 22.8 Å². The van der Waals surface area contributed by atoms with Gasteiger partial charge in [0, 0.05) is 12.1 Å². The summed E-state index contributed by atoms with van der Waals surface area (Å²) in [5.74, 6) is -0.0570. The molecule has 2 rings (SSSR count). The van der Waals surface area contributed by atoms with Gasteiger partial charge >= 0.3 is 0 Å². The molecule has 0 saturated heterocycles. The van der Waals surface area contributed by atoms with Crippen LogP contribution in [0.25, 0.3) is 11.0 Å². The van der Waals surface area contributed by atoms with Crippen molar-refractivity contribution < 1.29 is 9.13 Å². The Hall–Kier alpha value is -1.23. The number of nitrogens with zero attached hydrogens (tertiary/aromatic N) is 2. The summed E-state index contributed by atoms with van der Waals surface area (Å²) in [6.45, 7) is 2.82. The van der Waals surface area contributed by atoms with Gasteiger partial charge in [-0.05, 0) is 6.42 Å². The summed E-state index contributed by atoms with van der Waals surface area (Å²) in [5.41, 5.74) is 1.30. The lowest BCUT2D eigenvalue weighted by Crippen LogP contribution is -1.99. The third-order valence-corrected chi connectivity index (χ3v) is 4.62. The first kappa shape index (κ1) is 18.1. The zero-order chi connectivity index (χ0) is 16.3. The zero-order valence-electron chi connectivity index (χ0n) is 14.0. The van der Waals surface area contributed by atoms with Crippen molar-refractivity contribution in [3.05, 3.63) is 17.9 Å². The van der Waals surface area contributed by atoms with Crippen molar-refractivity contribution in [2.24, 2.45) is 0 Å². The Bertz CT molecular complexity index is 573. The number of rotatable bonds is 12. The highest BCUT2D eigenvalue weighted by atomic mass is 32.1. The number of hydrogen-bond acceptors (Lipinski definition) is 4. The second-order valence-corrected chi connectivity index (χ2v) is 6.59. The van der Waals surface area contributed by atoms with E-state index in [1.54, 1.807) is 6.07 Å². The first-order valence-corrected chi connectivity index (χ1v) is 9.59. The minimum atomic E-state index is -0.350. The van der Waals surface area contributed by atoms with Gasteiger partial charge in [-0.3, -0.25) is 0 Å². The highest BCUT2D eigenvalue weighted by Crippen LogP contribution is 2.23. The number of hydrogen-bond donors (Lipinski definition) is 0. The van der Waals surface area contributed by atoms with Crippen molar-refractivity contribution in [3.8, 4) is 5.75 Å². The predicted molar refractivity (Wildman–Crippen MR) is 94.7 cm³/mol. The third kappa shape index (κ3) is 6.42. The molecule has 0 N–H and O–H groups in total. The van der Waals surface area contributed by atoms with E-state index in [0.29, 0.717) is 23.4 Å². The topological polar surface area (TPSA) is 35.0 Å². The quantitative estimate of drug-likeness (QED) is 0.437. The minimum absolute atomic E-state index is 0.293. The monoisotopic (exact) mass is 338 g/mol. The maximum atomic E-state index is 13.8. The van der Waals surface area contributed by atoms with Crippen molar-refractivity contribution in [2.45, 2.75) is 71.1 Å². The van der Waals surface area contributed by atoms with E-state index in [9.17, 15) is 4.39 Å². The molecule has 0 radical (unpaired) electrons. The Labute approximate surface area is 142 Å². The summed E-state index contributed by atoms with van der Waals surface area (Å²) in [5, 5.41) is 0. The molecule has 0 saturated carbocycles. The summed E-state index contributed by atoms with van der Waals surface area (Å²) in [6.07, 6.45) is 12.8. The fourth-order valence-corrected chi connectivity index (χ4v) is 3.18. The molecular weight excluding hydrogens is 311 g/mol. The lowest BCUT2D eigenvalue weighted by molar-refractivity contribution is 0.290. The maximum Gasteiger partial charge on any atom is 0.167 e. The van der Waals surface area contributed by atoms with Crippen LogP contribution in [0.4, 0.5) is 4.39 Å². The maximum absolute atomic E-state index is 13.8. The SMILES string of the molecule is CCCCCCCCCCCCOc1cc2nsnc2cc1F. The van der Waals surface area contributed by atoms with Crippen LogP contribution in [-0.2, 0) is 0 Å². The van der Waals surface area contributed by atoms with Gasteiger partial charge in [0.25, 0.3) is 0 Å². The van der Waals surface area contributed by atoms with E-state index in [1.807, 2.05) is 0 Å². The largest absolute Gasteiger partial charge is 0.490 e. The molecule has 0 atom stereocenters. The molecular formula is C18H27FN2OS. The Morgan fingerprint density at radius 3 is 2.09 bits per heavy atom. The summed E-state index contributed by atoms with van der Waals surface area (Å²) >= 11 is 1.09. The molecule has 1 aromatic carbocycles. The molecule has 0 aliphatic heterocycles. The first-order valence-electron chi connectivity index (χ1n) is 8.86. The van der Waals surface area contributed by atoms with Gasteiger partial charge in [-0.2, -0.15) is 8.75 Å². The highest BCUT2D eigenvalue weighted by molar-refractivity contribution is 7.00. The van der Waals surface area contributed by atoms with Crippen LogP contribution in [0, 0.1) is 5.82 Å². The number of fused-ring (bicyclic) bond motifs is 1. The number of aromatic nitrogens is 2. The fraction of sp³-hybridized carbons (Fsp3) is 0.667. The third-order valence-electron chi connectivity index (χ3n) is 4.06. The zero-order valence-corrected chi connectivity index (χ0v) is 14.8. The number of ether oxygens (including phenoxy) is 1. The van der Waals surface area contributed by atoms with Crippen LogP contribution in [-0.4, -0.2) is 15.4 Å². The lowest BCUT2D eigenvalue weighted by Gasteiger charge is -2.07. The predicted octanol–water partition coefficient (Wildman–Crippen LogP) is 6.13. The number of unbranched alkanes of at least 4 members (excludes halogenated alkanes) is 9. The second-order valence-electron chi connectivity index (χ2n) is 6.07. The summed E-state index contributed by atoms with van der Waals surface area (Å²) in [7, 11) is 0. The fourth-order valence-electron chi connectivity index (χ4n) is 2.67. The molecule has 1 aromatic heterocycles. The van der Waals surface area contributed by atoms with Crippen LogP contribution in [0.3, 0.4) is 0 Å². The van der Waals surface area contributed by atoms with Gasteiger partial charge in [0.15, 0.2) is 11.6 Å². The van der Waals surface area contributed by atoms with Gasteiger partial charge in [0.2, 0.25) is 0 Å². The van der Waals surface area contributed by atoms with Crippen molar-refractivity contribution in [2.75, 3.05) is 6.61 Å². The molecule has 0 aliphatic carbocycles. The molecule has 1 heterocycles. The minimum Gasteiger partial charge on any atom is -0.490 e. The summed E-state index contributed by atoms with van der Waals surface area (Å²) in [6, 6.07) is 3.04. The van der Waals surface area contributed by atoms with E-state index in [2.05, 4.69) is 15.7 Å². The Morgan fingerprint density at radius 2 is 1.43 bits per heavy atom. The highest BCUT2D eigenvalue weighted by Gasteiger charge is 2.08. The van der Waals surface area contributed by atoms with E-state index in [0.717, 1.165) is 24.6 Å². The molecule has 5 heteroatoms. The van der Waals surface area contributed by atoms with Crippen LogP contribution in [0.15, 0.2) is 12.1 Å². The van der Waals surface area contributed by atoms with Crippen LogP contribution >= 0.6 is 11.7 Å². The van der Waals surface area contributed by atoms with Gasteiger partial charge in [0.05, 0.1) is 18.3 Å². The molecule has 0 spiro atoms. The van der Waals surface area contributed by atoms with Gasteiger partial charge < -0.3 is 4.74 Å². The molecule has 128 valence electrons. The average Bonchev–Trinajstić information content (AvgIpc) is 2.99. The van der Waals surface area contributed by atoms with E-state index in [4.69, 9.17) is 4.74 Å². The molecule has 23 heavy (non-hydrogen) atoms.